The van der Waals surface area contributed by atoms with Crippen LogP contribution in [0.15, 0.2) is 0 Å². The van der Waals surface area contributed by atoms with Gasteiger partial charge in [-0.2, -0.15) is 0 Å². The van der Waals surface area contributed by atoms with Crippen LogP contribution in [0.1, 0.15) is 284 Å². The Kier molecular flexibility index (Phi) is 47.2. The van der Waals surface area contributed by atoms with Crippen LogP contribution in [-0.2, 0) is 57.0 Å². The summed E-state index contributed by atoms with van der Waals surface area (Å²) in [7, 11) is 0. The molecule has 5 aliphatic heterocycles. The molecule has 0 saturated carbocycles. The highest BCUT2D eigenvalue weighted by Crippen LogP contribution is 2.33. The van der Waals surface area contributed by atoms with Crippen molar-refractivity contribution in [2.45, 2.75) is 443 Å². The first kappa shape index (κ1) is 92.6. The molecule has 26 atom stereocenters. The van der Waals surface area contributed by atoms with Crippen molar-refractivity contribution in [3.8, 4) is 0 Å². The van der Waals surface area contributed by atoms with Crippen LogP contribution in [0.4, 0.5) is 0 Å². The van der Waals surface area contributed by atoms with E-state index in [9.17, 15) is 91.3 Å². The van der Waals surface area contributed by atoms with E-state index in [4.69, 9.17) is 47.4 Å². The van der Waals surface area contributed by atoms with Gasteiger partial charge in [0.15, 0.2) is 25.2 Å². The molecular weight excluding hydrogens is 1360 g/mol. The summed E-state index contributed by atoms with van der Waals surface area (Å²) < 4.78 is 59.2. The maximum atomic E-state index is 13.6. The van der Waals surface area contributed by atoms with Gasteiger partial charge in [0, 0.05) is 0 Å². The minimum atomic E-state index is -1.77. The number of esters is 2. The van der Waals surface area contributed by atoms with E-state index in [2.05, 4.69) is 0 Å². The fraction of sp³-hybridized carbons (Fsp3) is 0.974. The molecule has 5 aliphatic rings. The molecule has 0 aromatic heterocycles. The Labute approximate surface area is 617 Å². The van der Waals surface area contributed by atoms with E-state index in [0.29, 0.717) is 38.5 Å². The molecule has 0 aromatic carbocycles. The van der Waals surface area contributed by atoms with E-state index in [0.717, 1.165) is 218 Å². The fourth-order valence-electron chi connectivity index (χ4n) is 14.6. The highest BCUT2D eigenvalue weighted by atomic mass is 16.7. The number of aliphatic hydroxyl groups excluding tert-OH is 16. The Morgan fingerprint density at radius 1 is 0.317 bits per heavy atom. The van der Waals surface area contributed by atoms with Gasteiger partial charge in [-0.05, 0) is 65.2 Å². The van der Waals surface area contributed by atoms with Crippen molar-refractivity contribution in [1.29, 1.82) is 0 Å². The average molecular weight is 1500 g/mol. The Balaban J connectivity index is 1.02. The van der Waals surface area contributed by atoms with Gasteiger partial charge in [0.05, 0.1) is 62.7 Å². The molecule has 28 nitrogen and oxygen atoms in total. The Morgan fingerprint density at radius 2 is 0.577 bits per heavy atom. The molecule has 0 amide bonds. The maximum Gasteiger partial charge on any atom is 0.308 e. The predicted molar refractivity (Wildman–Crippen MR) is 380 cm³/mol. The number of carbonyl (C=O) groups is 2. The Hall–Kier alpha value is -2.02. The monoisotopic (exact) mass is 1500 g/mol. The van der Waals surface area contributed by atoms with Gasteiger partial charge in [-0.1, -0.05) is 205 Å². The molecule has 0 unspecified atom stereocenters. The van der Waals surface area contributed by atoms with Crippen LogP contribution in [-0.4, -0.2) is 280 Å². The summed E-state index contributed by atoms with van der Waals surface area (Å²) in [5.74, 6) is -1.55. The van der Waals surface area contributed by atoms with Crippen LogP contribution in [0.3, 0.4) is 0 Å². The third-order valence-corrected chi connectivity index (χ3v) is 21.3. The largest absolute Gasteiger partial charge is 0.463 e. The molecule has 5 saturated heterocycles. The summed E-state index contributed by atoms with van der Waals surface area (Å²) in [6, 6.07) is 0. The topological polar surface area (TPSA) is 450 Å². The summed E-state index contributed by atoms with van der Waals surface area (Å²) in [5, 5.41) is 167. The molecule has 0 aliphatic carbocycles. The highest BCUT2D eigenvalue weighted by molar-refractivity contribution is 5.70. The van der Waals surface area contributed by atoms with Crippen molar-refractivity contribution in [2.75, 3.05) is 26.4 Å². The van der Waals surface area contributed by atoms with Gasteiger partial charge < -0.3 is 129 Å². The van der Waals surface area contributed by atoms with Gasteiger partial charge in [0.1, 0.15) is 111 Å². The van der Waals surface area contributed by atoms with E-state index in [1.807, 2.05) is 6.92 Å². The van der Waals surface area contributed by atoms with E-state index in [-0.39, 0.29) is 37.3 Å². The first-order chi connectivity index (χ1) is 50.0. The number of fused-ring (bicyclic) bond motifs is 4. The lowest BCUT2D eigenvalue weighted by Crippen LogP contribution is -2.60. The molecule has 612 valence electrons. The summed E-state index contributed by atoms with van der Waals surface area (Å²) in [6.07, 6.45) is 2.38. The van der Waals surface area contributed by atoms with Crippen molar-refractivity contribution >= 4 is 11.9 Å². The third kappa shape index (κ3) is 34.7. The number of aliphatic hydroxyl groups is 16. The van der Waals surface area contributed by atoms with Crippen molar-refractivity contribution in [3.05, 3.63) is 0 Å². The molecule has 5 rings (SSSR count). The van der Waals surface area contributed by atoms with Gasteiger partial charge in [0.25, 0.3) is 0 Å². The summed E-state index contributed by atoms with van der Waals surface area (Å²) in [4.78, 5) is 27.2. The fourth-order valence-corrected chi connectivity index (χ4v) is 14.6. The normalized spacial score (nSPS) is 33.9. The number of rotatable bonds is 50. The second-order valence-corrected chi connectivity index (χ2v) is 30.6. The molecule has 0 aromatic rings. The first-order valence-corrected chi connectivity index (χ1v) is 40.3. The average Bonchev–Trinajstić information content (AvgIpc) is 0.833. The Morgan fingerprint density at radius 3 is 0.856 bits per heavy atom. The van der Waals surface area contributed by atoms with Crippen molar-refractivity contribution in [2.24, 2.45) is 0 Å². The lowest BCUT2D eigenvalue weighted by Gasteiger charge is -2.42. The number of carbonyl (C=O) groups excluding carboxylic acids is 2. The van der Waals surface area contributed by atoms with Crippen LogP contribution in [0, 0.1) is 0 Å². The number of hydrogen-bond donors (Lipinski definition) is 16. The quantitative estimate of drug-likeness (QED) is 0.0282. The number of ether oxygens (including phenoxy) is 10. The zero-order valence-corrected chi connectivity index (χ0v) is 62.6. The van der Waals surface area contributed by atoms with E-state index >= 15 is 0 Å². The molecule has 4 bridgehead atoms. The number of unbranched alkanes of at least 4 members (excludes halogenated alkanes) is 28. The Bertz CT molecular complexity index is 2170. The van der Waals surface area contributed by atoms with Crippen LogP contribution < -0.4 is 0 Å². The minimum Gasteiger partial charge on any atom is -0.463 e. The number of hydrogen-bond acceptors (Lipinski definition) is 28. The van der Waals surface area contributed by atoms with Crippen molar-refractivity contribution in [3.63, 3.8) is 0 Å². The summed E-state index contributed by atoms with van der Waals surface area (Å²) >= 11 is 0. The third-order valence-electron chi connectivity index (χ3n) is 21.3. The lowest BCUT2D eigenvalue weighted by molar-refractivity contribution is -0.316. The predicted octanol–water partition coefficient (Wildman–Crippen LogP) is 4.99. The van der Waals surface area contributed by atoms with Crippen molar-refractivity contribution < 1.29 is 139 Å². The molecule has 5 heterocycles. The smallest absolute Gasteiger partial charge is 0.308 e. The molecule has 28 heteroatoms. The summed E-state index contributed by atoms with van der Waals surface area (Å²) in [6.45, 7) is 1.43. The molecular formula is C76H140O28. The van der Waals surface area contributed by atoms with Crippen LogP contribution in [0.2, 0.25) is 0 Å². The lowest BCUT2D eigenvalue weighted by atomic mass is 9.98. The van der Waals surface area contributed by atoms with E-state index < -0.39 is 173 Å². The zero-order chi connectivity index (χ0) is 75.8. The molecule has 16 N–H and O–H groups in total. The molecule has 5 fully saturated rings. The number of cyclic esters (lactones) is 2. The zero-order valence-electron chi connectivity index (χ0n) is 62.6. The van der Waals surface area contributed by atoms with Gasteiger partial charge in [-0.25, -0.2) is 0 Å². The van der Waals surface area contributed by atoms with Crippen LogP contribution in [0.25, 0.3) is 0 Å². The van der Waals surface area contributed by atoms with E-state index in [1.165, 1.54) is 0 Å². The van der Waals surface area contributed by atoms with Gasteiger partial charge in [-0.3, -0.25) is 9.59 Å². The van der Waals surface area contributed by atoms with Crippen LogP contribution >= 0.6 is 0 Å². The van der Waals surface area contributed by atoms with Gasteiger partial charge >= 0.3 is 11.9 Å². The summed E-state index contributed by atoms with van der Waals surface area (Å²) in [5.41, 5.74) is 0. The molecule has 104 heavy (non-hydrogen) atoms. The minimum absolute atomic E-state index is 0.229. The van der Waals surface area contributed by atoms with Gasteiger partial charge in [0.2, 0.25) is 0 Å². The van der Waals surface area contributed by atoms with Gasteiger partial charge in [-0.15, -0.1) is 0 Å². The van der Waals surface area contributed by atoms with Crippen molar-refractivity contribution in [1.82, 2.24) is 0 Å². The SMILES string of the molecule is C[C@H](O)CCCCCCC[C@H](CCCCCCCCCCC[C@@H]1CC(=O)OC[C@H]2O[C@H](O[C@H](CCCCCCCCCCCCC[C@H](CCCCCCCCC[C@@H](C)O)O[C@@H]3O[C@H](CO)[C@H](O)[C@H](O)[C@H]3O)CC(=O)OC[C@H]3O[C@@H](O1)[C@H](O)[C@@H](O)[C@@H]3O)[C@H](O)[C@@H](O)[C@@H]2O)O[C@@H]1O[C@H](CO)[C@H](O)[C@H](O)[C@H]1O. The van der Waals surface area contributed by atoms with E-state index in [1.54, 1.807) is 6.92 Å². The molecule has 0 radical (unpaired) electrons. The first-order valence-electron chi connectivity index (χ1n) is 40.3. The standard InChI is InChI=1S/C76H140O28/c1-49(79)35-27-19-12-11-17-23-31-39-51(97-73-69(91)65(87)61(83)55(45-77)101-73)37-29-21-13-7-4-3-5-8-15-24-33-41-53-43-59(81)95-47-58-64(86)68(90)72(94)76(104-58)100-54(44-60(82)96-48-57-63(85)67(89)71(93)75(99-53)103-57)42-34-25-16-10-6-9-14-22-30-38-52(40-32-26-18-20-28-36-50(2)80)98-74-70(92)66(88)62(84)56(46-78)102-74/h49-58,61-80,83-94H,3-48H2,1-2H3/t49-,50+,51-,52+,53-,54-,55-,56-,57-,58-,61+,62+,63-,64-,65+,66+,67+,68+,69-,70-,71-,72-,73-,74-,75+,76-/m1/s1. The maximum absolute atomic E-state index is 13.6. The second kappa shape index (κ2) is 53.0. The highest BCUT2D eigenvalue weighted by Gasteiger charge is 2.50. The molecule has 0 spiro atoms. The van der Waals surface area contributed by atoms with Crippen LogP contribution in [0.5, 0.6) is 0 Å². The second-order valence-electron chi connectivity index (χ2n) is 30.6.